The molecule has 1 radical (unpaired) electrons. The van der Waals surface area contributed by atoms with E-state index in [0.717, 1.165) is 0 Å². The highest BCUT2D eigenvalue weighted by Gasteiger charge is 1.95. The van der Waals surface area contributed by atoms with Gasteiger partial charge < -0.3 is 0 Å². The highest BCUT2D eigenvalue weighted by Crippen LogP contribution is 2.19. The largest absolute Gasteiger partial charge is 0.126 e. The molecule has 0 atom stereocenters. The van der Waals surface area contributed by atoms with Crippen LogP contribution in [0, 0.1) is 6.07 Å². The number of hydrogen-bond donors (Lipinski definition) is 0. The average molecular weight is 334 g/mol. The number of hydrogen-bond acceptors (Lipinski definition) is 1. The molecule has 0 bridgehead atoms. The first-order valence-corrected chi connectivity index (χ1v) is 11.0. The van der Waals surface area contributed by atoms with E-state index >= 15 is 0 Å². The van der Waals surface area contributed by atoms with Crippen LogP contribution in [0.1, 0.15) is 96.8 Å². The normalized spacial score (nSPS) is 11.0. The monoisotopic (exact) mass is 333 g/mol. The molecule has 0 aliphatic rings. The Balaban J connectivity index is 1.72. The lowest BCUT2D eigenvalue weighted by molar-refractivity contribution is 0.538. The second kappa shape index (κ2) is 16.4. The number of rotatable bonds is 16. The first kappa shape index (κ1) is 20.6. The molecule has 1 aromatic carbocycles. The average Bonchev–Trinajstić information content (AvgIpc) is 2.59. The minimum absolute atomic E-state index is 1.25. The molecular formula is C22H37S. The molecule has 0 spiro atoms. The summed E-state index contributed by atoms with van der Waals surface area (Å²) in [4.78, 5) is 1.29. The molecule has 0 saturated carbocycles. The summed E-state index contributed by atoms with van der Waals surface area (Å²) in [5, 5.41) is 0. The molecule has 131 valence electrons. The lowest BCUT2D eigenvalue weighted by Gasteiger charge is -2.03. The van der Waals surface area contributed by atoms with Gasteiger partial charge in [-0.15, -0.1) is 11.8 Å². The fourth-order valence-electron chi connectivity index (χ4n) is 2.95. The molecule has 0 aliphatic heterocycles. The van der Waals surface area contributed by atoms with E-state index in [1.165, 1.54) is 101 Å². The second-order valence-corrected chi connectivity index (χ2v) is 7.81. The number of thioether (sulfide) groups is 1. The predicted octanol–water partition coefficient (Wildman–Crippen LogP) is 8.06. The Morgan fingerprint density at radius 1 is 0.696 bits per heavy atom. The van der Waals surface area contributed by atoms with Gasteiger partial charge in [0.1, 0.15) is 0 Å². The van der Waals surface area contributed by atoms with Gasteiger partial charge in [-0.25, -0.2) is 0 Å². The fraction of sp³-hybridized carbons (Fsp3) is 0.727. The van der Waals surface area contributed by atoms with Gasteiger partial charge in [-0.3, -0.25) is 0 Å². The molecule has 0 aliphatic carbocycles. The lowest BCUT2D eigenvalue weighted by Crippen LogP contribution is -1.84. The van der Waals surface area contributed by atoms with E-state index in [-0.39, 0.29) is 0 Å². The zero-order chi connectivity index (χ0) is 16.4. The first-order valence-electron chi connectivity index (χ1n) is 10.0. The fourth-order valence-corrected chi connectivity index (χ4v) is 3.84. The molecule has 23 heavy (non-hydrogen) atoms. The molecule has 0 N–H and O–H groups in total. The molecule has 0 amide bonds. The van der Waals surface area contributed by atoms with Gasteiger partial charge in [-0.2, -0.15) is 0 Å². The Bertz CT molecular complexity index is 333. The summed E-state index contributed by atoms with van der Waals surface area (Å²) in [5.74, 6) is 1.25. The zero-order valence-corrected chi connectivity index (χ0v) is 16.1. The van der Waals surface area contributed by atoms with Crippen LogP contribution in [0.15, 0.2) is 29.2 Å². The van der Waals surface area contributed by atoms with Crippen molar-refractivity contribution in [1.29, 1.82) is 0 Å². The van der Waals surface area contributed by atoms with Crippen LogP contribution in [0.4, 0.5) is 0 Å². The van der Waals surface area contributed by atoms with E-state index in [0.29, 0.717) is 0 Å². The van der Waals surface area contributed by atoms with E-state index in [1.54, 1.807) is 0 Å². The molecule has 0 saturated heterocycles. The van der Waals surface area contributed by atoms with Crippen molar-refractivity contribution in [3.05, 3.63) is 30.3 Å². The van der Waals surface area contributed by atoms with Crippen molar-refractivity contribution in [3.63, 3.8) is 0 Å². The van der Waals surface area contributed by atoms with Gasteiger partial charge >= 0.3 is 0 Å². The Hall–Kier alpha value is -0.430. The smallest absolute Gasteiger partial charge is 0.0151 e. The maximum absolute atomic E-state index is 3.28. The first-order chi connectivity index (χ1) is 11.4. The Kier molecular flexibility index (Phi) is 14.7. The molecular weight excluding hydrogens is 296 g/mol. The van der Waals surface area contributed by atoms with Crippen molar-refractivity contribution in [2.24, 2.45) is 0 Å². The van der Waals surface area contributed by atoms with Gasteiger partial charge in [0.05, 0.1) is 0 Å². The Morgan fingerprint density at radius 3 is 1.70 bits per heavy atom. The highest BCUT2D eigenvalue weighted by molar-refractivity contribution is 7.99. The predicted molar refractivity (Wildman–Crippen MR) is 106 cm³/mol. The molecule has 1 heteroatoms. The van der Waals surface area contributed by atoms with Crippen molar-refractivity contribution in [3.8, 4) is 0 Å². The molecule has 0 heterocycles. The van der Waals surface area contributed by atoms with Crippen LogP contribution in [0.5, 0.6) is 0 Å². The molecule has 0 nitrogen and oxygen atoms in total. The summed E-state index contributed by atoms with van der Waals surface area (Å²) >= 11 is 1.95. The SMILES string of the molecule is CCCCCCCCCCCCCCCCSc1[c]cccc1. The summed E-state index contributed by atoms with van der Waals surface area (Å²) in [6.45, 7) is 2.29. The topological polar surface area (TPSA) is 0 Å². The number of unbranched alkanes of at least 4 members (excludes halogenated alkanes) is 13. The molecule has 0 fully saturated rings. The molecule has 0 aromatic heterocycles. The van der Waals surface area contributed by atoms with Crippen molar-refractivity contribution in [2.75, 3.05) is 5.75 Å². The van der Waals surface area contributed by atoms with E-state index in [4.69, 9.17) is 0 Å². The molecule has 0 unspecified atom stereocenters. The van der Waals surface area contributed by atoms with E-state index in [9.17, 15) is 0 Å². The summed E-state index contributed by atoms with van der Waals surface area (Å²) in [5.41, 5.74) is 0. The van der Waals surface area contributed by atoms with Gasteiger partial charge in [0.25, 0.3) is 0 Å². The third kappa shape index (κ3) is 13.7. The van der Waals surface area contributed by atoms with Crippen molar-refractivity contribution in [1.82, 2.24) is 0 Å². The third-order valence-corrected chi connectivity index (χ3v) is 5.49. The van der Waals surface area contributed by atoms with Gasteiger partial charge in [-0.05, 0) is 24.3 Å². The van der Waals surface area contributed by atoms with Crippen LogP contribution >= 0.6 is 11.8 Å². The minimum atomic E-state index is 1.25. The van der Waals surface area contributed by atoms with Crippen molar-refractivity contribution < 1.29 is 0 Å². The van der Waals surface area contributed by atoms with Gasteiger partial charge in [0.2, 0.25) is 0 Å². The van der Waals surface area contributed by atoms with Crippen LogP contribution in [-0.2, 0) is 0 Å². The van der Waals surface area contributed by atoms with Crippen LogP contribution in [-0.4, -0.2) is 5.75 Å². The zero-order valence-electron chi connectivity index (χ0n) is 15.3. The lowest BCUT2D eigenvalue weighted by atomic mass is 10.0. The highest BCUT2D eigenvalue weighted by atomic mass is 32.2. The van der Waals surface area contributed by atoms with Crippen LogP contribution < -0.4 is 0 Å². The van der Waals surface area contributed by atoms with E-state index in [2.05, 4.69) is 25.1 Å². The van der Waals surface area contributed by atoms with E-state index in [1.807, 2.05) is 23.9 Å². The molecule has 1 rings (SSSR count). The quantitative estimate of drug-likeness (QED) is 0.218. The standard InChI is InChI=1S/C22H37S/c1-2-3-4-5-6-7-8-9-10-11-12-13-14-18-21-23-22-19-16-15-17-20-22/h15-17,19H,2-14,18,21H2,1H3. The molecule has 1 aromatic rings. The minimum Gasteiger partial charge on any atom is -0.126 e. The van der Waals surface area contributed by atoms with Gasteiger partial charge in [0.15, 0.2) is 0 Å². The third-order valence-electron chi connectivity index (χ3n) is 4.44. The van der Waals surface area contributed by atoms with Crippen LogP contribution in [0.2, 0.25) is 0 Å². The van der Waals surface area contributed by atoms with Crippen molar-refractivity contribution in [2.45, 2.75) is 102 Å². The summed E-state index contributed by atoms with van der Waals surface area (Å²) < 4.78 is 0. The Labute approximate surface area is 149 Å². The number of benzene rings is 1. The Morgan fingerprint density at radius 2 is 1.22 bits per heavy atom. The van der Waals surface area contributed by atoms with Crippen LogP contribution in [0.3, 0.4) is 0 Å². The second-order valence-electron chi connectivity index (χ2n) is 6.67. The van der Waals surface area contributed by atoms with Gasteiger partial charge in [-0.1, -0.05) is 109 Å². The summed E-state index contributed by atoms with van der Waals surface area (Å²) in [6.07, 6.45) is 20.1. The summed E-state index contributed by atoms with van der Waals surface area (Å²) in [7, 11) is 0. The van der Waals surface area contributed by atoms with Gasteiger partial charge in [0, 0.05) is 4.90 Å². The summed E-state index contributed by atoms with van der Waals surface area (Å²) in [6, 6.07) is 11.6. The maximum Gasteiger partial charge on any atom is 0.0151 e. The maximum atomic E-state index is 3.28. The van der Waals surface area contributed by atoms with E-state index < -0.39 is 0 Å². The van der Waals surface area contributed by atoms with Crippen molar-refractivity contribution >= 4 is 11.8 Å². The van der Waals surface area contributed by atoms with Crippen LogP contribution in [0.25, 0.3) is 0 Å².